The number of likely N-dealkylation sites (N-methyl/N-ethyl adjacent to an activating group) is 1. The number of nitrogens with zero attached hydrogens (tertiary/aromatic N) is 2. The predicted molar refractivity (Wildman–Crippen MR) is 73.1 cm³/mol. The molecule has 0 spiro atoms. The number of hydrogen-bond acceptors (Lipinski definition) is 3. The van der Waals surface area contributed by atoms with Gasteiger partial charge in [-0.2, -0.15) is 12.7 Å². The van der Waals surface area contributed by atoms with E-state index >= 15 is 0 Å². The van der Waals surface area contributed by atoms with Gasteiger partial charge in [0.15, 0.2) is 0 Å². The standard InChI is InChI=1S/C12H17N3O3S/c1-13-12(16)11-8-9-6-4-5-7-10(9)15(11)19(17,18)14(2)3/h4-7,11H,8H2,1-3H3,(H,13,16). The molecule has 1 aromatic rings. The van der Waals surface area contributed by atoms with Crippen molar-refractivity contribution in [2.75, 3.05) is 25.4 Å². The molecular formula is C12H17N3O3S. The van der Waals surface area contributed by atoms with Crippen LogP contribution >= 0.6 is 0 Å². The van der Waals surface area contributed by atoms with Gasteiger partial charge in [-0.1, -0.05) is 18.2 Å². The SMILES string of the molecule is CNC(=O)C1Cc2ccccc2N1S(=O)(=O)N(C)C. The van der Waals surface area contributed by atoms with Crippen molar-refractivity contribution >= 4 is 21.8 Å². The molecule has 1 unspecified atom stereocenters. The molecule has 1 amide bonds. The predicted octanol–water partition coefficient (Wildman–Crippen LogP) is -0.0299. The molecule has 0 bridgehead atoms. The molecule has 1 heterocycles. The average molecular weight is 283 g/mol. The van der Waals surface area contributed by atoms with Gasteiger partial charge in [-0.15, -0.1) is 0 Å². The summed E-state index contributed by atoms with van der Waals surface area (Å²) in [4.78, 5) is 11.9. The first-order valence-electron chi connectivity index (χ1n) is 5.91. The van der Waals surface area contributed by atoms with Crippen LogP contribution in [0, 0.1) is 0 Å². The molecule has 0 aromatic heterocycles. The second-order valence-corrected chi connectivity index (χ2v) is 6.57. The lowest BCUT2D eigenvalue weighted by molar-refractivity contribution is -0.121. The van der Waals surface area contributed by atoms with E-state index in [9.17, 15) is 13.2 Å². The molecule has 1 aliphatic heterocycles. The fourth-order valence-electron chi connectivity index (χ4n) is 2.18. The number of fused-ring (bicyclic) bond motifs is 1. The third-order valence-electron chi connectivity index (χ3n) is 3.18. The van der Waals surface area contributed by atoms with Crippen molar-refractivity contribution in [3.63, 3.8) is 0 Å². The molecule has 0 saturated heterocycles. The van der Waals surface area contributed by atoms with E-state index in [2.05, 4.69) is 5.32 Å². The number of benzene rings is 1. The van der Waals surface area contributed by atoms with Crippen LogP contribution in [0.4, 0.5) is 5.69 Å². The first kappa shape index (κ1) is 13.8. The number of carbonyl (C=O) groups is 1. The Bertz CT molecular complexity index is 598. The van der Waals surface area contributed by atoms with Crippen molar-refractivity contribution < 1.29 is 13.2 Å². The van der Waals surface area contributed by atoms with E-state index in [1.807, 2.05) is 12.1 Å². The van der Waals surface area contributed by atoms with Gasteiger partial charge < -0.3 is 5.32 Å². The minimum Gasteiger partial charge on any atom is -0.357 e. The quantitative estimate of drug-likeness (QED) is 0.847. The van der Waals surface area contributed by atoms with Gasteiger partial charge in [0.1, 0.15) is 6.04 Å². The number of nitrogens with one attached hydrogen (secondary N) is 1. The van der Waals surface area contributed by atoms with E-state index in [0.717, 1.165) is 9.87 Å². The Hall–Kier alpha value is -1.60. The summed E-state index contributed by atoms with van der Waals surface area (Å²) < 4.78 is 27.1. The van der Waals surface area contributed by atoms with Gasteiger partial charge in [-0.25, -0.2) is 4.31 Å². The molecule has 19 heavy (non-hydrogen) atoms. The molecule has 0 fully saturated rings. The van der Waals surface area contributed by atoms with Crippen LogP contribution in [-0.2, 0) is 21.4 Å². The Morgan fingerprint density at radius 1 is 1.37 bits per heavy atom. The minimum absolute atomic E-state index is 0.304. The van der Waals surface area contributed by atoms with E-state index in [1.165, 1.54) is 25.4 Å². The minimum atomic E-state index is -3.69. The van der Waals surface area contributed by atoms with Gasteiger partial charge in [0.2, 0.25) is 5.91 Å². The number of amides is 1. The van der Waals surface area contributed by atoms with Gasteiger partial charge in [-0.05, 0) is 11.6 Å². The lowest BCUT2D eigenvalue weighted by Crippen LogP contribution is -2.50. The van der Waals surface area contributed by atoms with E-state index in [1.54, 1.807) is 12.1 Å². The molecule has 1 aromatic carbocycles. The summed E-state index contributed by atoms with van der Waals surface area (Å²) in [6.45, 7) is 0. The van der Waals surface area contributed by atoms with E-state index in [4.69, 9.17) is 0 Å². The lowest BCUT2D eigenvalue weighted by atomic mass is 10.1. The van der Waals surface area contributed by atoms with Gasteiger partial charge in [-0.3, -0.25) is 4.79 Å². The molecule has 1 N–H and O–H groups in total. The maximum absolute atomic E-state index is 12.4. The molecule has 0 aliphatic carbocycles. The summed E-state index contributed by atoms with van der Waals surface area (Å²) in [6, 6.07) is 6.44. The highest BCUT2D eigenvalue weighted by Gasteiger charge is 2.41. The van der Waals surface area contributed by atoms with E-state index in [0.29, 0.717) is 12.1 Å². The van der Waals surface area contributed by atoms with Crippen LogP contribution in [0.25, 0.3) is 0 Å². The Kier molecular flexibility index (Phi) is 3.51. The number of rotatable bonds is 3. The molecule has 0 radical (unpaired) electrons. The third kappa shape index (κ3) is 2.19. The van der Waals surface area contributed by atoms with Crippen LogP contribution in [0.1, 0.15) is 5.56 Å². The molecule has 1 atom stereocenters. The van der Waals surface area contributed by atoms with Crippen LogP contribution in [0.2, 0.25) is 0 Å². The van der Waals surface area contributed by atoms with Gasteiger partial charge in [0.25, 0.3) is 0 Å². The Labute approximate surface area is 113 Å². The highest BCUT2D eigenvalue weighted by atomic mass is 32.2. The first-order chi connectivity index (χ1) is 8.89. The lowest BCUT2D eigenvalue weighted by Gasteiger charge is -2.28. The van der Waals surface area contributed by atoms with Crippen molar-refractivity contribution in [1.29, 1.82) is 0 Å². The molecule has 6 nitrogen and oxygen atoms in total. The first-order valence-corrected chi connectivity index (χ1v) is 7.30. The normalized spacial score (nSPS) is 18.5. The van der Waals surface area contributed by atoms with Crippen molar-refractivity contribution in [3.05, 3.63) is 29.8 Å². The summed E-state index contributed by atoms with van der Waals surface area (Å²) in [5, 5.41) is 2.52. The number of para-hydroxylation sites is 1. The fraction of sp³-hybridized carbons (Fsp3) is 0.417. The zero-order valence-corrected chi connectivity index (χ0v) is 11.9. The fourth-order valence-corrected chi connectivity index (χ4v) is 3.45. The van der Waals surface area contributed by atoms with Crippen molar-refractivity contribution in [1.82, 2.24) is 9.62 Å². The van der Waals surface area contributed by atoms with Crippen LogP contribution in [0.3, 0.4) is 0 Å². The zero-order valence-electron chi connectivity index (χ0n) is 11.1. The van der Waals surface area contributed by atoms with Crippen LogP contribution in [-0.4, -0.2) is 45.8 Å². The van der Waals surface area contributed by atoms with Crippen molar-refractivity contribution in [2.45, 2.75) is 12.5 Å². The maximum Gasteiger partial charge on any atom is 0.304 e. The molecule has 1 aliphatic rings. The Morgan fingerprint density at radius 3 is 2.58 bits per heavy atom. The molecule has 7 heteroatoms. The van der Waals surface area contributed by atoms with Gasteiger partial charge >= 0.3 is 10.2 Å². The van der Waals surface area contributed by atoms with Crippen LogP contribution < -0.4 is 9.62 Å². The highest BCUT2D eigenvalue weighted by molar-refractivity contribution is 7.90. The maximum atomic E-state index is 12.4. The van der Waals surface area contributed by atoms with Crippen molar-refractivity contribution in [2.24, 2.45) is 0 Å². The van der Waals surface area contributed by atoms with E-state index < -0.39 is 16.3 Å². The van der Waals surface area contributed by atoms with E-state index in [-0.39, 0.29) is 5.91 Å². The summed E-state index contributed by atoms with van der Waals surface area (Å²) >= 11 is 0. The second kappa shape index (κ2) is 4.82. The number of hydrogen-bond donors (Lipinski definition) is 1. The summed E-state index contributed by atoms with van der Waals surface area (Å²) in [5.41, 5.74) is 1.44. The summed E-state index contributed by atoms with van der Waals surface area (Å²) in [7, 11) is 0.728. The second-order valence-electron chi connectivity index (χ2n) is 4.55. The molecule has 104 valence electrons. The Balaban J connectivity index is 2.55. The van der Waals surface area contributed by atoms with Crippen LogP contribution in [0.5, 0.6) is 0 Å². The largest absolute Gasteiger partial charge is 0.357 e. The zero-order chi connectivity index (χ0) is 14.2. The third-order valence-corrected chi connectivity index (χ3v) is 5.06. The highest BCUT2D eigenvalue weighted by Crippen LogP contribution is 2.34. The number of anilines is 1. The molecular weight excluding hydrogens is 266 g/mol. The molecule has 0 saturated carbocycles. The van der Waals surface area contributed by atoms with Crippen molar-refractivity contribution in [3.8, 4) is 0 Å². The topological polar surface area (TPSA) is 69.7 Å². The summed E-state index contributed by atoms with van der Waals surface area (Å²) in [6.07, 6.45) is 0.392. The Morgan fingerprint density at radius 2 is 2.00 bits per heavy atom. The monoisotopic (exact) mass is 283 g/mol. The van der Waals surface area contributed by atoms with Gasteiger partial charge in [0, 0.05) is 27.6 Å². The average Bonchev–Trinajstić information content (AvgIpc) is 2.77. The smallest absolute Gasteiger partial charge is 0.304 e. The van der Waals surface area contributed by atoms with Gasteiger partial charge in [0.05, 0.1) is 5.69 Å². The molecule has 2 rings (SSSR count). The number of carbonyl (C=O) groups excluding carboxylic acids is 1. The van der Waals surface area contributed by atoms with Crippen LogP contribution in [0.15, 0.2) is 24.3 Å². The summed E-state index contributed by atoms with van der Waals surface area (Å²) in [5.74, 6) is -0.304.